The zero-order valence-corrected chi connectivity index (χ0v) is 10.0. The van der Waals surface area contributed by atoms with Crippen LogP contribution in [-0.4, -0.2) is 5.91 Å². The Morgan fingerprint density at radius 1 is 1.56 bits per heavy atom. The highest BCUT2D eigenvalue weighted by molar-refractivity contribution is 5.89. The maximum absolute atomic E-state index is 11.0. The predicted molar refractivity (Wildman–Crippen MR) is 65.1 cm³/mol. The lowest BCUT2D eigenvalue weighted by Crippen LogP contribution is -2.21. The molecule has 0 bridgehead atoms. The molecular formula is C13H18N2O. The average molecular weight is 218 g/mol. The van der Waals surface area contributed by atoms with Crippen molar-refractivity contribution in [3.63, 3.8) is 0 Å². The van der Waals surface area contributed by atoms with Gasteiger partial charge in [-0.05, 0) is 36.5 Å². The van der Waals surface area contributed by atoms with E-state index in [1.165, 1.54) is 12.5 Å². The monoisotopic (exact) mass is 218 g/mol. The smallest absolute Gasteiger partial charge is 0.221 e. The third kappa shape index (κ3) is 1.83. The minimum Gasteiger partial charge on any atom is -0.326 e. The first kappa shape index (κ1) is 11.1. The van der Waals surface area contributed by atoms with Crippen molar-refractivity contribution >= 4 is 11.6 Å². The molecule has 0 spiro atoms. The second-order valence-electron chi connectivity index (χ2n) is 4.86. The van der Waals surface area contributed by atoms with Crippen molar-refractivity contribution in [1.82, 2.24) is 0 Å². The van der Waals surface area contributed by atoms with Gasteiger partial charge in [0.15, 0.2) is 0 Å². The van der Waals surface area contributed by atoms with E-state index < -0.39 is 0 Å². The van der Waals surface area contributed by atoms with Crippen molar-refractivity contribution in [1.29, 1.82) is 0 Å². The molecule has 1 fully saturated rings. The van der Waals surface area contributed by atoms with Crippen molar-refractivity contribution in [2.75, 3.05) is 5.32 Å². The summed E-state index contributed by atoms with van der Waals surface area (Å²) in [6, 6.07) is 6.03. The second-order valence-corrected chi connectivity index (χ2v) is 4.86. The van der Waals surface area contributed by atoms with Crippen LogP contribution in [0.5, 0.6) is 0 Å². The summed E-state index contributed by atoms with van der Waals surface area (Å²) >= 11 is 0. The molecule has 2 rings (SSSR count). The Labute approximate surface area is 96.0 Å². The summed E-state index contributed by atoms with van der Waals surface area (Å²) in [5.41, 5.74) is 9.21. The predicted octanol–water partition coefficient (Wildman–Crippen LogP) is 2.15. The highest BCUT2D eigenvalue weighted by Gasteiger charge is 2.48. The van der Waals surface area contributed by atoms with Crippen molar-refractivity contribution in [2.24, 2.45) is 11.7 Å². The number of carbonyl (C=O) groups is 1. The van der Waals surface area contributed by atoms with E-state index in [2.05, 4.69) is 18.3 Å². The van der Waals surface area contributed by atoms with Crippen molar-refractivity contribution in [2.45, 2.75) is 32.7 Å². The molecule has 1 aromatic carbocycles. The van der Waals surface area contributed by atoms with Crippen LogP contribution in [0.1, 0.15) is 31.4 Å². The van der Waals surface area contributed by atoms with Gasteiger partial charge in [-0.25, -0.2) is 0 Å². The first-order valence-electron chi connectivity index (χ1n) is 5.61. The van der Waals surface area contributed by atoms with E-state index in [9.17, 15) is 4.79 Å². The SMILES string of the molecule is CC(=O)Nc1ccc(C2(N)CC2C)cc1C. The summed E-state index contributed by atoms with van der Waals surface area (Å²) < 4.78 is 0. The van der Waals surface area contributed by atoms with E-state index in [1.807, 2.05) is 19.1 Å². The summed E-state index contributed by atoms with van der Waals surface area (Å²) in [5.74, 6) is 0.511. The highest BCUT2D eigenvalue weighted by atomic mass is 16.1. The molecule has 3 heteroatoms. The Hall–Kier alpha value is -1.35. The van der Waals surface area contributed by atoms with E-state index in [-0.39, 0.29) is 11.4 Å². The molecule has 2 unspecified atom stereocenters. The van der Waals surface area contributed by atoms with Gasteiger partial charge in [-0.1, -0.05) is 19.1 Å². The maximum Gasteiger partial charge on any atom is 0.221 e. The zero-order valence-electron chi connectivity index (χ0n) is 10.0. The van der Waals surface area contributed by atoms with Gasteiger partial charge in [-0.15, -0.1) is 0 Å². The van der Waals surface area contributed by atoms with E-state index in [4.69, 9.17) is 5.73 Å². The van der Waals surface area contributed by atoms with Gasteiger partial charge >= 0.3 is 0 Å². The number of carbonyl (C=O) groups excluding carboxylic acids is 1. The fraction of sp³-hybridized carbons (Fsp3) is 0.462. The third-order valence-corrected chi connectivity index (χ3v) is 3.44. The largest absolute Gasteiger partial charge is 0.326 e. The van der Waals surface area contributed by atoms with Crippen LogP contribution in [0.4, 0.5) is 5.69 Å². The van der Waals surface area contributed by atoms with Crippen molar-refractivity contribution in [3.8, 4) is 0 Å². The van der Waals surface area contributed by atoms with Gasteiger partial charge in [0.05, 0.1) is 0 Å². The van der Waals surface area contributed by atoms with E-state index in [0.717, 1.165) is 17.7 Å². The minimum absolute atomic E-state index is 0.0434. The lowest BCUT2D eigenvalue weighted by atomic mass is 10.0. The fourth-order valence-corrected chi connectivity index (χ4v) is 2.13. The van der Waals surface area contributed by atoms with Crippen molar-refractivity contribution in [3.05, 3.63) is 29.3 Å². The van der Waals surface area contributed by atoms with Crippen LogP contribution in [0, 0.1) is 12.8 Å². The van der Waals surface area contributed by atoms with Crippen LogP contribution in [0.25, 0.3) is 0 Å². The molecule has 0 heterocycles. The van der Waals surface area contributed by atoms with Crippen molar-refractivity contribution < 1.29 is 4.79 Å². The fourth-order valence-electron chi connectivity index (χ4n) is 2.13. The molecule has 1 aliphatic carbocycles. The molecular weight excluding hydrogens is 200 g/mol. The van der Waals surface area contributed by atoms with Crippen LogP contribution >= 0.6 is 0 Å². The van der Waals surface area contributed by atoms with Gasteiger partial charge in [-0.2, -0.15) is 0 Å². The van der Waals surface area contributed by atoms with Gasteiger partial charge < -0.3 is 11.1 Å². The number of hydrogen-bond donors (Lipinski definition) is 2. The first-order valence-corrected chi connectivity index (χ1v) is 5.61. The third-order valence-electron chi connectivity index (χ3n) is 3.44. The molecule has 1 amide bonds. The Morgan fingerprint density at radius 2 is 2.19 bits per heavy atom. The quantitative estimate of drug-likeness (QED) is 0.799. The summed E-state index contributed by atoms with van der Waals surface area (Å²) in [4.78, 5) is 11.0. The highest BCUT2D eigenvalue weighted by Crippen LogP contribution is 2.49. The molecule has 1 aliphatic rings. The molecule has 16 heavy (non-hydrogen) atoms. The average Bonchev–Trinajstić information content (AvgIpc) is 2.79. The van der Waals surface area contributed by atoms with E-state index in [0.29, 0.717) is 5.92 Å². The van der Waals surface area contributed by atoms with Crippen LogP contribution in [-0.2, 0) is 10.3 Å². The molecule has 2 atom stereocenters. The van der Waals surface area contributed by atoms with Gasteiger partial charge in [0.25, 0.3) is 0 Å². The zero-order chi connectivity index (χ0) is 11.9. The van der Waals surface area contributed by atoms with Crippen LogP contribution in [0.3, 0.4) is 0 Å². The lowest BCUT2D eigenvalue weighted by Gasteiger charge is -2.14. The molecule has 86 valence electrons. The van der Waals surface area contributed by atoms with Gasteiger partial charge in [0, 0.05) is 18.2 Å². The van der Waals surface area contributed by atoms with E-state index >= 15 is 0 Å². The first-order chi connectivity index (χ1) is 7.43. The molecule has 3 N–H and O–H groups in total. The molecule has 0 saturated heterocycles. The standard InChI is InChI=1S/C13H18N2O/c1-8-6-11(13(14)7-9(13)2)4-5-12(8)15-10(3)16/h4-6,9H,7,14H2,1-3H3,(H,15,16). The number of nitrogens with two attached hydrogens (primary N) is 1. The molecule has 1 aromatic rings. The molecule has 1 saturated carbocycles. The van der Waals surface area contributed by atoms with Gasteiger partial charge in [0.1, 0.15) is 0 Å². The summed E-state index contributed by atoms with van der Waals surface area (Å²) in [6.45, 7) is 5.67. The Bertz CT molecular complexity index is 442. The minimum atomic E-state index is -0.139. The normalized spacial score (nSPS) is 27.6. The Kier molecular flexibility index (Phi) is 2.50. The molecule has 0 radical (unpaired) electrons. The molecule has 3 nitrogen and oxygen atoms in total. The van der Waals surface area contributed by atoms with Crippen LogP contribution in [0.15, 0.2) is 18.2 Å². The second kappa shape index (κ2) is 3.59. The van der Waals surface area contributed by atoms with Crippen LogP contribution < -0.4 is 11.1 Å². The van der Waals surface area contributed by atoms with Gasteiger partial charge in [-0.3, -0.25) is 4.79 Å². The Balaban J connectivity index is 2.27. The number of hydrogen-bond acceptors (Lipinski definition) is 2. The number of aryl methyl sites for hydroxylation is 1. The number of anilines is 1. The molecule has 0 aromatic heterocycles. The Morgan fingerprint density at radius 3 is 2.62 bits per heavy atom. The lowest BCUT2D eigenvalue weighted by molar-refractivity contribution is -0.114. The summed E-state index contributed by atoms with van der Waals surface area (Å²) in [5, 5.41) is 2.80. The van der Waals surface area contributed by atoms with E-state index in [1.54, 1.807) is 0 Å². The number of benzene rings is 1. The topological polar surface area (TPSA) is 55.1 Å². The summed E-state index contributed by atoms with van der Waals surface area (Å²) in [7, 11) is 0. The number of amides is 1. The van der Waals surface area contributed by atoms with Crippen LogP contribution in [0.2, 0.25) is 0 Å². The van der Waals surface area contributed by atoms with Gasteiger partial charge in [0.2, 0.25) is 5.91 Å². The maximum atomic E-state index is 11.0. The summed E-state index contributed by atoms with van der Waals surface area (Å²) in [6.07, 6.45) is 1.05. The number of nitrogens with one attached hydrogen (secondary N) is 1. The molecule has 0 aliphatic heterocycles. The number of rotatable bonds is 2.